The molecule has 2 amide bonds. The van der Waals surface area contributed by atoms with Crippen LogP contribution >= 0.6 is 0 Å². The van der Waals surface area contributed by atoms with Gasteiger partial charge in [-0.25, -0.2) is 4.79 Å². The maximum atomic E-state index is 12.0. The van der Waals surface area contributed by atoms with Gasteiger partial charge in [0.05, 0.1) is 18.6 Å². The minimum absolute atomic E-state index is 0.00740. The van der Waals surface area contributed by atoms with E-state index in [4.69, 9.17) is 10.00 Å². The molecule has 1 aromatic rings. The van der Waals surface area contributed by atoms with Crippen LogP contribution in [-0.4, -0.2) is 59.7 Å². The van der Waals surface area contributed by atoms with Gasteiger partial charge in [0, 0.05) is 19.0 Å². The highest BCUT2D eigenvalue weighted by Crippen LogP contribution is 2.17. The minimum Gasteiger partial charge on any atom is -0.449 e. The van der Waals surface area contributed by atoms with E-state index in [9.17, 15) is 19.6 Å². The van der Waals surface area contributed by atoms with Gasteiger partial charge in [0.25, 0.3) is 0 Å². The molecule has 0 spiro atoms. The lowest BCUT2D eigenvalue weighted by molar-refractivity contribution is -0.129. The van der Waals surface area contributed by atoms with Gasteiger partial charge in [0.15, 0.2) is 0 Å². The first-order chi connectivity index (χ1) is 15.9. The van der Waals surface area contributed by atoms with Gasteiger partial charge in [-0.05, 0) is 30.7 Å². The third kappa shape index (κ3) is 14.6. The fourth-order valence-corrected chi connectivity index (χ4v) is 2.97. The number of hydrogen-bond acceptors (Lipinski definition) is 6. The van der Waals surface area contributed by atoms with E-state index < -0.39 is 19.2 Å². The van der Waals surface area contributed by atoms with Gasteiger partial charge in [-0.1, -0.05) is 71.4 Å². The van der Waals surface area contributed by atoms with E-state index in [1.807, 2.05) is 51.1 Å². The summed E-state index contributed by atoms with van der Waals surface area (Å²) in [6, 6.07) is 9.38. The summed E-state index contributed by atoms with van der Waals surface area (Å²) in [5, 5.41) is 30.1. The first kappa shape index (κ1) is 31.4. The molecule has 0 radical (unpaired) electrons. The lowest BCUT2D eigenvalue weighted by Gasteiger charge is -2.19. The van der Waals surface area contributed by atoms with Crippen molar-refractivity contribution in [2.24, 2.45) is 11.3 Å². The van der Waals surface area contributed by atoms with Gasteiger partial charge in [-0.2, -0.15) is 5.26 Å². The summed E-state index contributed by atoms with van der Waals surface area (Å²) in [5.74, 6) is -1.10. The van der Waals surface area contributed by atoms with Crippen LogP contribution in [0.25, 0.3) is 0 Å². The average Bonchev–Trinajstić information content (AvgIpc) is 3.23. The summed E-state index contributed by atoms with van der Waals surface area (Å²) in [4.78, 5) is 25.3. The maximum absolute atomic E-state index is 12.0. The van der Waals surface area contributed by atoms with Gasteiger partial charge in [-0.3, -0.25) is 4.79 Å². The number of nitriles is 1. The topological polar surface area (TPSA) is 123 Å². The van der Waals surface area contributed by atoms with Crippen LogP contribution in [-0.2, 0) is 16.0 Å². The standard InChI is InChI=1S/C18H24BN3O5.C5H12.C2H6/c1-13-2-4-14(5-3-13)10-16(19(25)26)21-18(24)27-12-15-7-9-22(11-15)17(23)6-8-20;1-5(2,3)4;1-2/h2-5,15-16,25-26H,6-7,9-12H2,1H3,(H,21,24);1-4H3;1-2H3. The van der Waals surface area contributed by atoms with Crippen LogP contribution in [0.2, 0.25) is 0 Å². The summed E-state index contributed by atoms with van der Waals surface area (Å²) in [6.45, 7) is 15.8. The zero-order valence-electron chi connectivity index (χ0n) is 21.8. The van der Waals surface area contributed by atoms with Crippen molar-refractivity contribution in [1.29, 1.82) is 5.26 Å². The molecule has 0 aliphatic carbocycles. The van der Waals surface area contributed by atoms with Crippen molar-refractivity contribution in [3.05, 3.63) is 35.4 Å². The molecule has 2 unspecified atom stereocenters. The summed E-state index contributed by atoms with van der Waals surface area (Å²) in [7, 11) is -1.72. The lowest BCUT2D eigenvalue weighted by Crippen LogP contribution is -2.48. The number of nitrogens with one attached hydrogen (secondary N) is 1. The Labute approximate surface area is 205 Å². The molecular weight excluding hydrogens is 433 g/mol. The second-order valence-corrected chi connectivity index (χ2v) is 9.78. The monoisotopic (exact) mass is 475 g/mol. The molecule has 9 heteroatoms. The predicted molar refractivity (Wildman–Crippen MR) is 135 cm³/mol. The van der Waals surface area contributed by atoms with Crippen LogP contribution in [0.1, 0.15) is 65.5 Å². The number of nitrogens with zero attached hydrogens (tertiary/aromatic N) is 2. The zero-order chi connectivity index (χ0) is 26.3. The Bertz CT molecular complexity index is 766. The van der Waals surface area contributed by atoms with Crippen LogP contribution in [0.5, 0.6) is 0 Å². The highest BCUT2D eigenvalue weighted by atomic mass is 16.5. The van der Waals surface area contributed by atoms with Crippen LogP contribution < -0.4 is 5.32 Å². The SMILES string of the molecule is CC.CC(C)(C)C.Cc1ccc(CC(NC(=O)OCC2CCN(C(=O)CC#N)C2)B(O)O)cc1. The number of likely N-dealkylation sites (tertiary alicyclic amines) is 1. The third-order valence-corrected chi connectivity index (χ3v) is 4.56. The van der Waals surface area contributed by atoms with Gasteiger partial charge >= 0.3 is 13.2 Å². The molecule has 2 rings (SSSR count). The Kier molecular flexibility index (Phi) is 14.9. The number of carbonyl (C=O) groups excluding carboxylic acids is 2. The number of benzene rings is 1. The van der Waals surface area contributed by atoms with Gasteiger partial charge in [0.1, 0.15) is 6.42 Å². The van der Waals surface area contributed by atoms with Crippen LogP contribution in [0.3, 0.4) is 0 Å². The molecule has 0 saturated carbocycles. The van der Waals surface area contributed by atoms with Gasteiger partial charge < -0.3 is 25.0 Å². The molecule has 0 bridgehead atoms. The molecule has 34 heavy (non-hydrogen) atoms. The molecular formula is C25H42BN3O5. The summed E-state index contributed by atoms with van der Waals surface area (Å²) in [5.41, 5.74) is 2.45. The highest BCUT2D eigenvalue weighted by molar-refractivity contribution is 6.43. The van der Waals surface area contributed by atoms with Gasteiger partial charge in [0.2, 0.25) is 5.91 Å². The normalized spacial score (nSPS) is 15.5. The molecule has 1 aliphatic heterocycles. The van der Waals surface area contributed by atoms with Crippen LogP contribution in [0.15, 0.2) is 24.3 Å². The summed E-state index contributed by atoms with van der Waals surface area (Å²) < 4.78 is 5.18. The fourth-order valence-electron chi connectivity index (χ4n) is 2.97. The first-order valence-electron chi connectivity index (χ1n) is 11.9. The molecule has 2 atom stereocenters. The molecule has 190 valence electrons. The Hall–Kier alpha value is -2.57. The Morgan fingerprint density at radius 1 is 1.24 bits per heavy atom. The maximum Gasteiger partial charge on any atom is 0.475 e. The van der Waals surface area contributed by atoms with E-state index in [1.54, 1.807) is 4.90 Å². The van der Waals surface area contributed by atoms with E-state index in [0.29, 0.717) is 24.9 Å². The van der Waals surface area contributed by atoms with Crippen LogP contribution in [0, 0.1) is 29.6 Å². The average molecular weight is 475 g/mol. The molecule has 1 saturated heterocycles. The second kappa shape index (κ2) is 16.1. The van der Waals surface area contributed by atoms with E-state index >= 15 is 0 Å². The molecule has 1 aromatic carbocycles. The van der Waals surface area contributed by atoms with Gasteiger partial charge in [-0.15, -0.1) is 0 Å². The largest absolute Gasteiger partial charge is 0.475 e. The van der Waals surface area contributed by atoms with Crippen molar-refractivity contribution in [3.8, 4) is 6.07 Å². The van der Waals surface area contributed by atoms with E-state index in [2.05, 4.69) is 33.0 Å². The lowest BCUT2D eigenvalue weighted by atomic mass is 9.76. The molecule has 1 aliphatic rings. The highest BCUT2D eigenvalue weighted by Gasteiger charge is 2.29. The zero-order valence-corrected chi connectivity index (χ0v) is 21.8. The van der Waals surface area contributed by atoms with E-state index in [0.717, 1.165) is 11.1 Å². The van der Waals surface area contributed by atoms with Crippen molar-refractivity contribution in [2.75, 3.05) is 19.7 Å². The van der Waals surface area contributed by atoms with Crippen molar-refractivity contribution < 1.29 is 24.4 Å². The number of amides is 2. The Morgan fingerprint density at radius 3 is 2.29 bits per heavy atom. The van der Waals surface area contributed by atoms with Crippen molar-refractivity contribution >= 4 is 19.1 Å². The Balaban J connectivity index is 0.00000138. The number of hydrogen-bond donors (Lipinski definition) is 3. The van der Waals surface area contributed by atoms with E-state index in [1.165, 1.54) is 0 Å². The number of ether oxygens (including phenoxy) is 1. The molecule has 1 heterocycles. The molecule has 0 aromatic heterocycles. The van der Waals surface area contributed by atoms with Crippen molar-refractivity contribution in [3.63, 3.8) is 0 Å². The minimum atomic E-state index is -1.72. The molecule has 1 fully saturated rings. The summed E-state index contributed by atoms with van der Waals surface area (Å²) in [6.07, 6.45) is 0.0673. The second-order valence-electron chi connectivity index (χ2n) is 9.78. The molecule has 3 N–H and O–H groups in total. The number of aryl methyl sites for hydroxylation is 1. The smallest absolute Gasteiger partial charge is 0.449 e. The molecule has 8 nitrogen and oxygen atoms in total. The quantitative estimate of drug-likeness (QED) is 0.519. The predicted octanol–water partition coefficient (Wildman–Crippen LogP) is 3.49. The van der Waals surface area contributed by atoms with Crippen LogP contribution in [0.4, 0.5) is 4.79 Å². The number of carbonyl (C=O) groups is 2. The summed E-state index contributed by atoms with van der Waals surface area (Å²) >= 11 is 0. The van der Waals surface area contributed by atoms with Crippen molar-refractivity contribution in [2.45, 2.75) is 73.7 Å². The number of rotatable bonds is 7. The third-order valence-electron chi connectivity index (χ3n) is 4.56. The fraction of sp³-hybridized carbons (Fsp3) is 0.640. The number of alkyl carbamates (subject to hydrolysis) is 1. The van der Waals surface area contributed by atoms with E-state index in [-0.39, 0.29) is 31.3 Å². The van der Waals surface area contributed by atoms with Crippen molar-refractivity contribution in [1.82, 2.24) is 10.2 Å². The first-order valence-corrected chi connectivity index (χ1v) is 11.9. The Morgan fingerprint density at radius 2 is 1.79 bits per heavy atom.